The Balaban J connectivity index is 1.86. The van der Waals surface area contributed by atoms with Crippen LogP contribution in [0, 0.1) is 0 Å². The van der Waals surface area contributed by atoms with Gasteiger partial charge in [-0.3, -0.25) is 0 Å². The van der Waals surface area contributed by atoms with Gasteiger partial charge in [-0.25, -0.2) is 0 Å². The highest BCUT2D eigenvalue weighted by Crippen LogP contribution is 2.39. The van der Waals surface area contributed by atoms with Crippen molar-refractivity contribution in [2.75, 3.05) is 6.61 Å². The van der Waals surface area contributed by atoms with Crippen LogP contribution in [0.3, 0.4) is 0 Å². The molecule has 15 heavy (non-hydrogen) atoms. The summed E-state index contributed by atoms with van der Waals surface area (Å²) in [4.78, 5) is 0. The van der Waals surface area contributed by atoms with Crippen molar-refractivity contribution in [1.82, 2.24) is 0 Å². The predicted octanol–water partition coefficient (Wildman–Crippen LogP) is 2.54. The number of ether oxygens (including phenoxy) is 1. The van der Waals surface area contributed by atoms with Crippen LogP contribution in [0.1, 0.15) is 31.7 Å². The quantitative estimate of drug-likeness (QED) is 0.802. The maximum atomic E-state index is 9.70. The van der Waals surface area contributed by atoms with Crippen LogP contribution < -0.4 is 4.74 Å². The molecule has 0 radical (unpaired) electrons. The molecular formula is C13H18O2. The molecule has 1 saturated carbocycles. The van der Waals surface area contributed by atoms with Crippen LogP contribution in [-0.4, -0.2) is 17.3 Å². The molecule has 1 fully saturated rings. The molecule has 2 rings (SSSR count). The lowest BCUT2D eigenvalue weighted by atomic mass is 10.1. The molecule has 0 aromatic heterocycles. The Hall–Kier alpha value is -1.02. The van der Waals surface area contributed by atoms with Gasteiger partial charge in [-0.2, -0.15) is 0 Å². The number of aryl methyl sites for hydroxylation is 1. The van der Waals surface area contributed by atoms with E-state index in [1.54, 1.807) is 0 Å². The summed E-state index contributed by atoms with van der Waals surface area (Å²) in [6, 6.07) is 8.15. The first-order chi connectivity index (χ1) is 7.22. The normalized spacial score (nSPS) is 17.5. The highest BCUT2D eigenvalue weighted by Gasteiger charge is 2.39. The zero-order chi connectivity index (χ0) is 10.7. The maximum absolute atomic E-state index is 9.70. The number of aliphatic hydroxyl groups is 1. The predicted molar refractivity (Wildman–Crippen MR) is 60.1 cm³/mol. The lowest BCUT2D eigenvalue weighted by Crippen LogP contribution is -2.07. The van der Waals surface area contributed by atoms with Gasteiger partial charge in [-0.05, 0) is 50.3 Å². The van der Waals surface area contributed by atoms with Crippen LogP contribution in [0.4, 0.5) is 0 Å². The van der Waals surface area contributed by atoms with Crippen molar-refractivity contribution in [2.24, 2.45) is 0 Å². The number of hydrogen-bond acceptors (Lipinski definition) is 2. The molecule has 0 aliphatic heterocycles. The summed E-state index contributed by atoms with van der Waals surface area (Å²) in [5.74, 6) is 0.923. The molecule has 1 N–H and O–H groups in total. The van der Waals surface area contributed by atoms with Crippen molar-refractivity contribution in [2.45, 2.75) is 38.2 Å². The highest BCUT2D eigenvalue weighted by molar-refractivity contribution is 5.27. The molecule has 0 atom stereocenters. The van der Waals surface area contributed by atoms with Gasteiger partial charge in [0, 0.05) is 0 Å². The summed E-state index contributed by atoms with van der Waals surface area (Å²) in [5, 5.41) is 9.70. The molecular weight excluding hydrogens is 188 g/mol. The molecule has 0 saturated heterocycles. The second-order valence-electron chi connectivity index (χ2n) is 4.30. The fraction of sp³-hybridized carbons (Fsp3) is 0.538. The van der Waals surface area contributed by atoms with E-state index in [0.717, 1.165) is 31.4 Å². The largest absolute Gasteiger partial charge is 0.494 e. The van der Waals surface area contributed by atoms with Crippen LogP contribution in [0.2, 0.25) is 0 Å². The third kappa shape index (κ3) is 2.96. The first kappa shape index (κ1) is 10.5. The second-order valence-corrected chi connectivity index (χ2v) is 4.30. The van der Waals surface area contributed by atoms with Crippen molar-refractivity contribution >= 4 is 0 Å². The van der Waals surface area contributed by atoms with E-state index in [1.165, 1.54) is 5.56 Å². The molecule has 1 aromatic rings. The minimum absolute atomic E-state index is 0.335. The van der Waals surface area contributed by atoms with Crippen LogP contribution in [0.25, 0.3) is 0 Å². The standard InChI is InChI=1S/C13H18O2/c1-2-15-12-5-3-11(4-6-12)7-8-13(14)9-10-13/h3-6,14H,2,7-10H2,1H3. The SMILES string of the molecule is CCOc1ccc(CCC2(O)CC2)cc1. The second kappa shape index (κ2) is 4.23. The summed E-state index contributed by atoms with van der Waals surface area (Å²) >= 11 is 0. The zero-order valence-electron chi connectivity index (χ0n) is 9.20. The first-order valence-corrected chi connectivity index (χ1v) is 5.66. The Kier molecular flexibility index (Phi) is 2.96. The summed E-state index contributed by atoms with van der Waals surface area (Å²) in [6.07, 6.45) is 3.80. The fourth-order valence-corrected chi connectivity index (χ4v) is 1.69. The Morgan fingerprint density at radius 2 is 1.93 bits per heavy atom. The number of benzene rings is 1. The van der Waals surface area contributed by atoms with Gasteiger partial charge in [0.1, 0.15) is 5.75 Å². The molecule has 2 nitrogen and oxygen atoms in total. The summed E-state index contributed by atoms with van der Waals surface area (Å²) < 4.78 is 5.37. The first-order valence-electron chi connectivity index (χ1n) is 5.66. The lowest BCUT2D eigenvalue weighted by Gasteiger charge is -2.08. The zero-order valence-corrected chi connectivity index (χ0v) is 9.20. The van der Waals surface area contributed by atoms with E-state index in [0.29, 0.717) is 6.61 Å². The molecule has 0 bridgehead atoms. The van der Waals surface area contributed by atoms with E-state index in [2.05, 4.69) is 12.1 Å². The topological polar surface area (TPSA) is 29.5 Å². The summed E-state index contributed by atoms with van der Waals surface area (Å²) in [6.45, 7) is 2.69. The van der Waals surface area contributed by atoms with Crippen LogP contribution in [0.5, 0.6) is 5.75 Å². The smallest absolute Gasteiger partial charge is 0.119 e. The van der Waals surface area contributed by atoms with Crippen LogP contribution in [0.15, 0.2) is 24.3 Å². The van der Waals surface area contributed by atoms with E-state index >= 15 is 0 Å². The van der Waals surface area contributed by atoms with Gasteiger partial charge < -0.3 is 9.84 Å². The monoisotopic (exact) mass is 206 g/mol. The van der Waals surface area contributed by atoms with Gasteiger partial charge in [0.05, 0.1) is 12.2 Å². The Morgan fingerprint density at radius 3 is 2.47 bits per heavy atom. The van der Waals surface area contributed by atoms with Crippen LogP contribution >= 0.6 is 0 Å². The van der Waals surface area contributed by atoms with Gasteiger partial charge in [0.25, 0.3) is 0 Å². The third-order valence-corrected chi connectivity index (χ3v) is 2.94. The minimum Gasteiger partial charge on any atom is -0.494 e. The number of hydrogen-bond donors (Lipinski definition) is 1. The minimum atomic E-state index is -0.335. The van der Waals surface area contributed by atoms with Gasteiger partial charge in [0.2, 0.25) is 0 Å². The summed E-state index contributed by atoms with van der Waals surface area (Å²) in [5.41, 5.74) is 0.942. The average Bonchev–Trinajstić information content (AvgIpc) is 2.97. The van der Waals surface area contributed by atoms with Crippen molar-refractivity contribution < 1.29 is 9.84 Å². The number of rotatable bonds is 5. The molecule has 1 aromatic carbocycles. The van der Waals surface area contributed by atoms with Gasteiger partial charge in [-0.15, -0.1) is 0 Å². The summed E-state index contributed by atoms with van der Waals surface area (Å²) in [7, 11) is 0. The van der Waals surface area contributed by atoms with E-state index < -0.39 is 0 Å². The van der Waals surface area contributed by atoms with E-state index in [1.807, 2.05) is 19.1 Å². The molecule has 1 aliphatic rings. The average molecular weight is 206 g/mol. The van der Waals surface area contributed by atoms with Crippen molar-refractivity contribution in [3.05, 3.63) is 29.8 Å². The Labute approximate surface area is 90.9 Å². The van der Waals surface area contributed by atoms with Gasteiger partial charge in [-0.1, -0.05) is 12.1 Å². The van der Waals surface area contributed by atoms with Gasteiger partial charge >= 0.3 is 0 Å². The Bertz CT molecular complexity index is 312. The molecule has 0 unspecified atom stereocenters. The van der Waals surface area contributed by atoms with Gasteiger partial charge in [0.15, 0.2) is 0 Å². The van der Waals surface area contributed by atoms with Crippen molar-refractivity contribution in [1.29, 1.82) is 0 Å². The lowest BCUT2D eigenvalue weighted by molar-refractivity contribution is 0.140. The molecule has 0 heterocycles. The Morgan fingerprint density at radius 1 is 1.27 bits per heavy atom. The van der Waals surface area contributed by atoms with E-state index in [4.69, 9.17) is 4.74 Å². The molecule has 1 aliphatic carbocycles. The molecule has 0 spiro atoms. The van der Waals surface area contributed by atoms with Crippen molar-refractivity contribution in [3.63, 3.8) is 0 Å². The van der Waals surface area contributed by atoms with Crippen molar-refractivity contribution in [3.8, 4) is 5.75 Å². The third-order valence-electron chi connectivity index (χ3n) is 2.94. The van der Waals surface area contributed by atoms with Crippen LogP contribution in [-0.2, 0) is 6.42 Å². The molecule has 0 amide bonds. The molecule has 82 valence electrons. The highest BCUT2D eigenvalue weighted by atomic mass is 16.5. The maximum Gasteiger partial charge on any atom is 0.119 e. The van der Waals surface area contributed by atoms with E-state index in [-0.39, 0.29) is 5.60 Å². The molecule has 2 heteroatoms. The van der Waals surface area contributed by atoms with E-state index in [9.17, 15) is 5.11 Å². The fourth-order valence-electron chi connectivity index (χ4n) is 1.69.